The van der Waals surface area contributed by atoms with Crippen LogP contribution in [0.3, 0.4) is 0 Å². The van der Waals surface area contributed by atoms with Crippen LogP contribution in [0.25, 0.3) is 66.9 Å². The molecule has 3 heteroatoms. The van der Waals surface area contributed by atoms with Gasteiger partial charge in [0.05, 0.1) is 22.2 Å². The van der Waals surface area contributed by atoms with Gasteiger partial charge in [0, 0.05) is 33.4 Å². The number of hydrogen-bond acceptors (Lipinski definition) is 3. The van der Waals surface area contributed by atoms with Crippen molar-refractivity contribution in [1.82, 2.24) is 9.97 Å². The summed E-state index contributed by atoms with van der Waals surface area (Å²) in [7, 11) is 0. The second-order valence-electron chi connectivity index (χ2n) is 17.9. The predicted octanol–water partition coefficient (Wildman–Crippen LogP) is 15.5. The molecule has 0 radical (unpaired) electrons. The first-order chi connectivity index (χ1) is 33.2. The summed E-state index contributed by atoms with van der Waals surface area (Å²) in [5.74, 6) is 2.36. The molecule has 67 heavy (non-hydrogen) atoms. The van der Waals surface area contributed by atoms with Gasteiger partial charge < -0.3 is 4.74 Å². The zero-order chi connectivity index (χ0) is 44.1. The van der Waals surface area contributed by atoms with Crippen LogP contribution in [0.4, 0.5) is 0 Å². The minimum Gasteiger partial charge on any atom is -0.456 e. The molecule has 1 aliphatic heterocycles. The van der Waals surface area contributed by atoms with E-state index in [4.69, 9.17) is 14.7 Å². The number of rotatable bonds is 4. The molecule has 11 aromatic rings. The maximum atomic E-state index is 7.25. The van der Waals surface area contributed by atoms with Gasteiger partial charge in [-0.3, -0.25) is 0 Å². The van der Waals surface area contributed by atoms with Crippen LogP contribution in [-0.4, -0.2) is 9.97 Å². The lowest BCUT2D eigenvalue weighted by Crippen LogP contribution is -2.45. The topological polar surface area (TPSA) is 35.0 Å². The van der Waals surface area contributed by atoms with Crippen LogP contribution in [0.15, 0.2) is 243 Å². The van der Waals surface area contributed by atoms with Crippen LogP contribution in [-0.2, 0) is 10.8 Å². The van der Waals surface area contributed by atoms with Crippen LogP contribution < -0.4 is 4.74 Å². The smallest absolute Gasteiger partial charge is 0.160 e. The molecule has 0 amide bonds. The molecule has 3 nitrogen and oxygen atoms in total. The van der Waals surface area contributed by atoms with Crippen molar-refractivity contribution in [2.45, 2.75) is 10.8 Å². The summed E-state index contributed by atoms with van der Waals surface area (Å²) in [6, 6.07) is 88.0. The van der Waals surface area contributed by atoms with Gasteiger partial charge >= 0.3 is 0 Å². The molecule has 0 bridgehead atoms. The molecular weight excluding hydrogens is 813 g/mol. The minimum absolute atomic E-state index is 0.523. The molecule has 0 fully saturated rings. The molecule has 2 heterocycles. The molecule has 14 rings (SSSR count). The lowest BCUT2D eigenvalue weighted by molar-refractivity contribution is 0.430. The second-order valence-corrected chi connectivity index (χ2v) is 17.9. The number of aromatic nitrogens is 2. The van der Waals surface area contributed by atoms with Crippen molar-refractivity contribution in [2.24, 2.45) is 0 Å². The van der Waals surface area contributed by atoms with Gasteiger partial charge in [-0.25, -0.2) is 9.97 Å². The third-order valence-corrected chi connectivity index (χ3v) is 14.6. The Morgan fingerprint density at radius 2 is 0.761 bits per heavy atom. The minimum atomic E-state index is -0.704. The lowest BCUT2D eigenvalue weighted by atomic mass is 9.51. The maximum absolute atomic E-state index is 7.25. The summed E-state index contributed by atoms with van der Waals surface area (Å²) in [6.45, 7) is 0. The van der Waals surface area contributed by atoms with Crippen LogP contribution in [0.1, 0.15) is 44.5 Å². The van der Waals surface area contributed by atoms with Crippen molar-refractivity contribution in [3.8, 4) is 67.7 Å². The Kier molecular flexibility index (Phi) is 8.11. The van der Waals surface area contributed by atoms with Gasteiger partial charge in [0.1, 0.15) is 11.5 Å². The van der Waals surface area contributed by atoms with E-state index >= 15 is 0 Å². The summed E-state index contributed by atoms with van der Waals surface area (Å²) in [5, 5.41) is 2.37. The highest BCUT2D eigenvalue weighted by Gasteiger charge is 2.58. The van der Waals surface area contributed by atoms with Crippen molar-refractivity contribution < 1.29 is 4.74 Å². The fraction of sp³-hybridized carbons (Fsp3) is 0.0312. The molecule has 0 saturated heterocycles. The highest BCUT2D eigenvalue weighted by Crippen LogP contribution is 2.67. The number of benzene rings is 10. The zero-order valence-electron chi connectivity index (χ0n) is 36.4. The highest BCUT2D eigenvalue weighted by atomic mass is 16.5. The van der Waals surface area contributed by atoms with Gasteiger partial charge in [-0.1, -0.05) is 218 Å². The van der Waals surface area contributed by atoms with E-state index in [0.717, 1.165) is 61.8 Å². The van der Waals surface area contributed by atoms with E-state index in [-0.39, 0.29) is 0 Å². The number of nitrogens with zero attached hydrogens (tertiary/aromatic N) is 2. The van der Waals surface area contributed by atoms with E-state index in [1.807, 2.05) is 6.07 Å². The van der Waals surface area contributed by atoms with Crippen molar-refractivity contribution in [2.75, 3.05) is 0 Å². The van der Waals surface area contributed by atoms with Crippen LogP contribution in [0.2, 0.25) is 0 Å². The first-order valence-corrected chi connectivity index (χ1v) is 23.1. The van der Waals surface area contributed by atoms with Gasteiger partial charge in [-0.15, -0.1) is 0 Å². The van der Waals surface area contributed by atoms with Crippen LogP contribution in [0.5, 0.6) is 11.5 Å². The summed E-state index contributed by atoms with van der Waals surface area (Å²) >= 11 is 0. The average molecular weight is 853 g/mol. The van der Waals surface area contributed by atoms with E-state index in [2.05, 4.69) is 237 Å². The Labute approximate surface area is 389 Å². The number of fused-ring (bicyclic) bond motifs is 16. The van der Waals surface area contributed by atoms with Gasteiger partial charge in [0.2, 0.25) is 0 Å². The zero-order valence-corrected chi connectivity index (χ0v) is 36.4. The summed E-state index contributed by atoms with van der Waals surface area (Å²) in [6.07, 6.45) is 0. The third kappa shape index (κ3) is 5.28. The van der Waals surface area contributed by atoms with Gasteiger partial charge in [-0.05, 0) is 85.1 Å². The Balaban J connectivity index is 0.991. The monoisotopic (exact) mass is 852 g/mol. The average Bonchev–Trinajstić information content (AvgIpc) is 3.70. The van der Waals surface area contributed by atoms with Crippen molar-refractivity contribution in [3.05, 3.63) is 287 Å². The van der Waals surface area contributed by atoms with Gasteiger partial charge in [0.15, 0.2) is 5.82 Å². The molecular formula is C64H40N2O. The first-order valence-electron chi connectivity index (χ1n) is 23.1. The van der Waals surface area contributed by atoms with Crippen molar-refractivity contribution in [1.29, 1.82) is 0 Å². The van der Waals surface area contributed by atoms with Crippen LogP contribution in [0, 0.1) is 0 Å². The second kappa shape index (κ2) is 14.4. The lowest BCUT2D eigenvalue weighted by Gasteiger charge is -2.51. The number of para-hydroxylation sites is 2. The SMILES string of the molecule is c1ccc(-c2cc(-c3ccc4ccccc4c3)nc(-c3cccc(-c4cccc5c4Oc4ccccc4C54c5ccccc5C5(c6ccccc6-c6ccccc65)c5ccccc54)c3)n2)cc1. The van der Waals surface area contributed by atoms with E-state index in [9.17, 15) is 0 Å². The van der Waals surface area contributed by atoms with E-state index in [1.54, 1.807) is 0 Å². The molecule has 2 aliphatic carbocycles. The molecule has 312 valence electrons. The molecule has 3 aliphatic rings. The van der Waals surface area contributed by atoms with E-state index in [0.29, 0.717) is 5.82 Å². The van der Waals surface area contributed by atoms with Gasteiger partial charge in [-0.2, -0.15) is 0 Å². The largest absolute Gasteiger partial charge is 0.456 e. The van der Waals surface area contributed by atoms with Crippen LogP contribution >= 0.6 is 0 Å². The van der Waals surface area contributed by atoms with E-state index in [1.165, 1.54) is 55.3 Å². The van der Waals surface area contributed by atoms with E-state index < -0.39 is 10.8 Å². The molecule has 0 atom stereocenters. The fourth-order valence-electron chi connectivity index (χ4n) is 11.9. The maximum Gasteiger partial charge on any atom is 0.160 e. The summed E-state index contributed by atoms with van der Waals surface area (Å²) in [5.41, 5.74) is 18.1. The standard InChI is InChI=1S/C64H40N2O/c1-2-19-42(20-3-1)58-40-59(45-37-36-41-18-4-5-21-43(41)38-45)66-62(65-58)46-23-16-22-44(39-46)47-26-17-34-57-61(47)67-60-35-15-14-33-56(60)64(57)54-31-12-10-29-52(54)63(53-30-11-13-32-55(53)64)50-27-8-6-24-48(50)49-25-7-9-28-51(49)63/h1-40H. The third-order valence-electron chi connectivity index (χ3n) is 14.6. The fourth-order valence-corrected chi connectivity index (χ4v) is 11.9. The summed E-state index contributed by atoms with van der Waals surface area (Å²) in [4.78, 5) is 10.6. The first kappa shape index (κ1) is 37.7. The number of ether oxygens (including phenoxy) is 1. The predicted molar refractivity (Wildman–Crippen MR) is 271 cm³/mol. The summed E-state index contributed by atoms with van der Waals surface area (Å²) < 4.78 is 7.25. The molecule has 10 aromatic carbocycles. The Bertz CT molecular complexity index is 3720. The normalized spacial score (nSPS) is 14.0. The molecule has 0 saturated carbocycles. The van der Waals surface area contributed by atoms with Crippen molar-refractivity contribution >= 4 is 10.8 Å². The van der Waals surface area contributed by atoms with Gasteiger partial charge in [0.25, 0.3) is 0 Å². The Hall–Kier alpha value is -8.66. The molecule has 1 aromatic heterocycles. The Morgan fingerprint density at radius 3 is 1.45 bits per heavy atom. The molecule has 2 spiro atoms. The molecule has 0 unspecified atom stereocenters. The van der Waals surface area contributed by atoms with Crippen molar-refractivity contribution in [3.63, 3.8) is 0 Å². The quantitative estimate of drug-likeness (QED) is 0.177. The molecule has 0 N–H and O–H groups in total. The number of hydrogen-bond donors (Lipinski definition) is 0. The Morgan fingerprint density at radius 1 is 0.284 bits per heavy atom. The highest BCUT2D eigenvalue weighted by molar-refractivity contribution is 5.92.